The molecular weight excluding hydrogens is 325 g/mol. The molecule has 2 amide bonds. The summed E-state index contributed by atoms with van der Waals surface area (Å²) in [7, 11) is 3.08. The number of amides is 2. The number of carbonyl (C=O) groups excluding carboxylic acids is 2. The topological polar surface area (TPSA) is 55.8 Å². The number of ether oxygens (including phenoxy) is 2. The first-order valence-corrected chi connectivity index (χ1v) is 7.86. The summed E-state index contributed by atoms with van der Waals surface area (Å²) in [5.74, 6) is -0.290. The van der Waals surface area contributed by atoms with Crippen molar-refractivity contribution in [2.45, 2.75) is 18.8 Å². The van der Waals surface area contributed by atoms with Gasteiger partial charge in [-0.05, 0) is 35.9 Å². The van der Waals surface area contributed by atoms with Gasteiger partial charge in [-0.1, -0.05) is 12.1 Å². The van der Waals surface area contributed by atoms with E-state index < -0.39 is 5.82 Å². The molecule has 0 aromatic heterocycles. The molecule has 1 fully saturated rings. The standard InChI is InChI=1S/C19H18FNO4/c1-24-16-7-6-12(8-17(16)25-2)13-9-18(22)21(19(23)10-13)15-5-3-4-14(20)11-15/h3-8,11,13H,9-10H2,1-2H3. The van der Waals surface area contributed by atoms with Crippen molar-refractivity contribution in [3.8, 4) is 11.5 Å². The van der Waals surface area contributed by atoms with Crippen LogP contribution in [0.1, 0.15) is 24.3 Å². The number of carbonyl (C=O) groups is 2. The van der Waals surface area contributed by atoms with Crippen LogP contribution in [0.2, 0.25) is 0 Å². The fraction of sp³-hybridized carbons (Fsp3) is 0.263. The van der Waals surface area contributed by atoms with Crippen LogP contribution < -0.4 is 14.4 Å². The summed E-state index contributed by atoms with van der Waals surface area (Å²) >= 11 is 0. The van der Waals surface area contributed by atoms with Crippen LogP contribution in [0.3, 0.4) is 0 Å². The number of rotatable bonds is 4. The average Bonchev–Trinajstić information content (AvgIpc) is 2.60. The molecule has 0 aliphatic carbocycles. The average molecular weight is 343 g/mol. The summed E-state index contributed by atoms with van der Waals surface area (Å²) in [6.07, 6.45) is 0.329. The van der Waals surface area contributed by atoms with Crippen molar-refractivity contribution in [1.29, 1.82) is 0 Å². The molecule has 0 bridgehead atoms. The zero-order valence-electron chi connectivity index (χ0n) is 14.0. The van der Waals surface area contributed by atoms with Gasteiger partial charge in [0.1, 0.15) is 5.82 Å². The molecule has 0 unspecified atom stereocenters. The summed E-state index contributed by atoms with van der Waals surface area (Å²) < 4.78 is 23.9. The normalized spacial score (nSPS) is 15.4. The van der Waals surface area contributed by atoms with E-state index in [4.69, 9.17) is 9.47 Å². The Hall–Kier alpha value is -2.89. The summed E-state index contributed by atoms with van der Waals surface area (Å²) in [4.78, 5) is 26.1. The van der Waals surface area contributed by atoms with E-state index in [0.717, 1.165) is 10.5 Å². The zero-order chi connectivity index (χ0) is 18.0. The van der Waals surface area contributed by atoms with Gasteiger partial charge in [0.05, 0.1) is 19.9 Å². The Kier molecular flexibility index (Phi) is 4.70. The van der Waals surface area contributed by atoms with E-state index in [1.807, 2.05) is 6.07 Å². The molecule has 2 aromatic rings. The van der Waals surface area contributed by atoms with E-state index in [1.54, 1.807) is 25.3 Å². The maximum Gasteiger partial charge on any atom is 0.234 e. The van der Waals surface area contributed by atoms with Gasteiger partial charge in [0.15, 0.2) is 11.5 Å². The number of piperidine rings is 1. The molecule has 0 radical (unpaired) electrons. The van der Waals surface area contributed by atoms with Gasteiger partial charge in [0, 0.05) is 18.8 Å². The van der Waals surface area contributed by atoms with E-state index in [2.05, 4.69) is 0 Å². The SMILES string of the molecule is COc1ccc(C2CC(=O)N(c3cccc(F)c3)C(=O)C2)cc1OC. The number of hydrogen-bond donors (Lipinski definition) is 0. The van der Waals surface area contributed by atoms with Crippen molar-refractivity contribution in [2.24, 2.45) is 0 Å². The van der Waals surface area contributed by atoms with Gasteiger partial charge < -0.3 is 9.47 Å². The van der Waals surface area contributed by atoms with Crippen LogP contribution in [0.25, 0.3) is 0 Å². The van der Waals surface area contributed by atoms with Gasteiger partial charge in [0.2, 0.25) is 11.8 Å². The predicted molar refractivity (Wildman–Crippen MR) is 90.4 cm³/mol. The Balaban J connectivity index is 1.85. The van der Waals surface area contributed by atoms with Crippen LogP contribution in [0.5, 0.6) is 11.5 Å². The van der Waals surface area contributed by atoms with Crippen molar-refractivity contribution < 1.29 is 23.5 Å². The maximum absolute atomic E-state index is 13.4. The monoisotopic (exact) mass is 343 g/mol. The Morgan fingerprint density at radius 2 is 1.64 bits per heavy atom. The summed E-state index contributed by atoms with van der Waals surface area (Å²) in [5.41, 5.74) is 1.10. The lowest BCUT2D eigenvalue weighted by Gasteiger charge is -2.30. The minimum atomic E-state index is -0.486. The molecule has 0 atom stereocenters. The maximum atomic E-state index is 13.4. The van der Waals surface area contributed by atoms with Crippen LogP contribution in [-0.2, 0) is 9.59 Å². The Morgan fingerprint density at radius 1 is 0.960 bits per heavy atom. The van der Waals surface area contributed by atoms with Crippen LogP contribution in [0.15, 0.2) is 42.5 Å². The van der Waals surface area contributed by atoms with Crippen LogP contribution in [-0.4, -0.2) is 26.0 Å². The number of halogens is 1. The molecule has 1 aliphatic rings. The number of imide groups is 1. The second-order valence-electron chi connectivity index (χ2n) is 5.82. The molecule has 6 heteroatoms. The van der Waals surface area contributed by atoms with E-state index >= 15 is 0 Å². The van der Waals surface area contributed by atoms with Gasteiger partial charge in [0.25, 0.3) is 0 Å². The molecule has 0 spiro atoms. The van der Waals surface area contributed by atoms with Crippen molar-refractivity contribution in [3.63, 3.8) is 0 Å². The van der Waals surface area contributed by atoms with Crippen LogP contribution in [0.4, 0.5) is 10.1 Å². The third-order valence-electron chi connectivity index (χ3n) is 4.29. The van der Waals surface area contributed by atoms with Crippen molar-refractivity contribution in [1.82, 2.24) is 0 Å². The number of anilines is 1. The fourth-order valence-electron chi connectivity index (χ4n) is 3.06. The third kappa shape index (κ3) is 3.33. The summed E-state index contributed by atoms with van der Waals surface area (Å²) in [5, 5.41) is 0. The third-order valence-corrected chi connectivity index (χ3v) is 4.29. The molecule has 1 aliphatic heterocycles. The van der Waals surface area contributed by atoms with E-state index in [1.165, 1.54) is 25.3 Å². The molecule has 1 saturated heterocycles. The first-order valence-electron chi connectivity index (χ1n) is 7.86. The number of benzene rings is 2. The molecular formula is C19H18FNO4. The molecule has 5 nitrogen and oxygen atoms in total. The highest BCUT2D eigenvalue weighted by Gasteiger charge is 2.34. The smallest absolute Gasteiger partial charge is 0.234 e. The highest BCUT2D eigenvalue weighted by atomic mass is 19.1. The first kappa shape index (κ1) is 17.0. The van der Waals surface area contributed by atoms with Crippen molar-refractivity contribution in [2.75, 3.05) is 19.1 Å². The molecule has 25 heavy (non-hydrogen) atoms. The predicted octanol–water partition coefficient (Wildman–Crippen LogP) is 3.28. The highest BCUT2D eigenvalue weighted by molar-refractivity contribution is 6.17. The van der Waals surface area contributed by atoms with Crippen LogP contribution >= 0.6 is 0 Å². The van der Waals surface area contributed by atoms with E-state index in [-0.39, 0.29) is 36.3 Å². The molecule has 0 N–H and O–H groups in total. The summed E-state index contributed by atoms with van der Waals surface area (Å²) in [6.45, 7) is 0. The molecule has 2 aromatic carbocycles. The lowest BCUT2D eigenvalue weighted by Crippen LogP contribution is -2.42. The number of hydrogen-bond acceptors (Lipinski definition) is 4. The first-order chi connectivity index (χ1) is 12.0. The lowest BCUT2D eigenvalue weighted by molar-refractivity contribution is -0.129. The van der Waals surface area contributed by atoms with Crippen molar-refractivity contribution in [3.05, 3.63) is 53.8 Å². The number of nitrogens with zero attached hydrogens (tertiary/aromatic N) is 1. The van der Waals surface area contributed by atoms with Gasteiger partial charge in [-0.2, -0.15) is 0 Å². The largest absolute Gasteiger partial charge is 0.493 e. The zero-order valence-corrected chi connectivity index (χ0v) is 14.0. The fourth-order valence-corrected chi connectivity index (χ4v) is 3.06. The van der Waals surface area contributed by atoms with Crippen LogP contribution in [0, 0.1) is 5.82 Å². The molecule has 0 saturated carbocycles. The number of methoxy groups -OCH3 is 2. The Bertz CT molecular complexity index is 803. The van der Waals surface area contributed by atoms with E-state index in [9.17, 15) is 14.0 Å². The lowest BCUT2D eigenvalue weighted by atomic mass is 9.88. The van der Waals surface area contributed by atoms with Gasteiger partial charge in [-0.15, -0.1) is 0 Å². The molecule has 1 heterocycles. The highest BCUT2D eigenvalue weighted by Crippen LogP contribution is 2.36. The van der Waals surface area contributed by atoms with Gasteiger partial charge >= 0.3 is 0 Å². The minimum Gasteiger partial charge on any atom is -0.493 e. The Morgan fingerprint density at radius 3 is 2.24 bits per heavy atom. The summed E-state index contributed by atoms with van der Waals surface area (Å²) in [6, 6.07) is 10.8. The molecule has 3 rings (SSSR count). The van der Waals surface area contributed by atoms with Crippen molar-refractivity contribution >= 4 is 17.5 Å². The quantitative estimate of drug-likeness (QED) is 0.800. The molecule has 130 valence electrons. The van der Waals surface area contributed by atoms with Gasteiger partial charge in [-0.25, -0.2) is 4.39 Å². The minimum absolute atomic E-state index is 0.164. The second kappa shape index (κ2) is 6.93. The van der Waals surface area contributed by atoms with Gasteiger partial charge in [-0.3, -0.25) is 14.5 Å². The Labute approximate surface area is 145 Å². The van der Waals surface area contributed by atoms with E-state index in [0.29, 0.717) is 11.5 Å². The second-order valence-corrected chi connectivity index (χ2v) is 5.82.